The minimum atomic E-state index is -0.0235. The van der Waals surface area contributed by atoms with Crippen LogP contribution in [-0.2, 0) is 4.74 Å². The maximum absolute atomic E-state index is 13.4. The Labute approximate surface area is 185 Å². The average Bonchev–Trinajstić information content (AvgIpc) is 2.71. The van der Waals surface area contributed by atoms with Crippen LogP contribution in [0.5, 0.6) is 0 Å². The van der Waals surface area contributed by atoms with Crippen LogP contribution in [0.15, 0.2) is 24.3 Å². The molecular formula is C24H35ClN2O3. The van der Waals surface area contributed by atoms with Gasteiger partial charge in [-0.05, 0) is 86.8 Å². The van der Waals surface area contributed by atoms with E-state index in [1.165, 1.54) is 38.5 Å². The Morgan fingerprint density at radius 1 is 1.13 bits per heavy atom. The molecule has 0 aromatic heterocycles. The zero-order chi connectivity index (χ0) is 21.0. The predicted octanol–water partition coefficient (Wildman–Crippen LogP) is 3.94. The highest BCUT2D eigenvalue weighted by Crippen LogP contribution is 2.60. The van der Waals surface area contributed by atoms with Crippen LogP contribution in [0.25, 0.3) is 0 Å². The second-order valence-electron chi connectivity index (χ2n) is 9.77. The van der Waals surface area contributed by atoms with E-state index < -0.39 is 0 Å². The molecule has 5 rings (SSSR count). The minimum Gasteiger partial charge on any atom is -0.396 e. The number of hydrogen-bond donors (Lipinski definition) is 2. The number of rotatable bonds is 11. The maximum atomic E-state index is 13.4. The van der Waals surface area contributed by atoms with Crippen LogP contribution in [0.3, 0.4) is 0 Å². The van der Waals surface area contributed by atoms with E-state index in [0.717, 1.165) is 37.3 Å². The Balaban J connectivity index is 1.41. The third-order valence-corrected chi connectivity index (χ3v) is 7.59. The number of aliphatic hydroxyl groups is 1. The van der Waals surface area contributed by atoms with E-state index in [1.807, 2.05) is 23.1 Å². The van der Waals surface area contributed by atoms with Crippen molar-refractivity contribution in [3.8, 4) is 0 Å². The first kappa shape index (κ1) is 22.1. The van der Waals surface area contributed by atoms with Crippen molar-refractivity contribution in [2.45, 2.75) is 44.9 Å². The molecule has 0 saturated heterocycles. The van der Waals surface area contributed by atoms with Crippen LogP contribution >= 0.6 is 11.6 Å². The first-order chi connectivity index (χ1) is 14.6. The van der Waals surface area contributed by atoms with E-state index in [-0.39, 0.29) is 17.9 Å². The molecule has 0 radical (unpaired) electrons. The lowest BCUT2D eigenvalue weighted by Crippen LogP contribution is -2.52. The summed E-state index contributed by atoms with van der Waals surface area (Å²) in [6, 6.07) is 7.32. The number of carbonyl (C=O) groups excluding carboxylic acids is 1. The van der Waals surface area contributed by atoms with Crippen molar-refractivity contribution in [3.05, 3.63) is 34.9 Å². The zero-order valence-electron chi connectivity index (χ0n) is 17.8. The molecule has 5 nitrogen and oxygen atoms in total. The summed E-state index contributed by atoms with van der Waals surface area (Å²) in [7, 11) is 0. The first-order valence-electron chi connectivity index (χ1n) is 11.5. The van der Waals surface area contributed by atoms with E-state index in [4.69, 9.17) is 21.4 Å². The van der Waals surface area contributed by atoms with Gasteiger partial charge in [0.05, 0.1) is 17.2 Å². The Morgan fingerprint density at radius 2 is 1.80 bits per heavy atom. The minimum absolute atomic E-state index is 0.0235. The lowest BCUT2D eigenvalue weighted by atomic mass is 9.49. The molecule has 4 saturated carbocycles. The largest absolute Gasteiger partial charge is 0.396 e. The standard InChI is InChI=1S/C24H35ClN2O3/c25-22-5-2-1-4-21(22)23(29)27(17-30-9-7-26-6-3-8-28)16-24-13-18-10-19(14-24)12-20(11-18)15-24/h1-2,4-5,18-20,26,28H,3,6-17H2. The molecule has 6 heteroatoms. The van der Waals surface area contributed by atoms with Crippen LogP contribution < -0.4 is 5.32 Å². The highest BCUT2D eigenvalue weighted by Gasteiger charge is 2.51. The molecule has 4 bridgehead atoms. The maximum Gasteiger partial charge on any atom is 0.257 e. The molecule has 4 fully saturated rings. The summed E-state index contributed by atoms with van der Waals surface area (Å²) >= 11 is 6.35. The lowest BCUT2D eigenvalue weighted by Gasteiger charge is -2.57. The fraction of sp³-hybridized carbons (Fsp3) is 0.708. The molecule has 0 spiro atoms. The van der Waals surface area contributed by atoms with Crippen LogP contribution in [0.1, 0.15) is 55.3 Å². The predicted molar refractivity (Wildman–Crippen MR) is 118 cm³/mol. The van der Waals surface area contributed by atoms with Crippen molar-refractivity contribution in [2.75, 3.05) is 39.6 Å². The summed E-state index contributed by atoms with van der Waals surface area (Å²) < 4.78 is 5.91. The molecule has 2 N–H and O–H groups in total. The monoisotopic (exact) mass is 434 g/mol. The van der Waals surface area contributed by atoms with Gasteiger partial charge in [0.1, 0.15) is 6.73 Å². The molecule has 1 aromatic carbocycles. The van der Waals surface area contributed by atoms with Gasteiger partial charge in [-0.15, -0.1) is 0 Å². The number of nitrogens with one attached hydrogen (secondary N) is 1. The molecule has 1 amide bonds. The molecule has 30 heavy (non-hydrogen) atoms. The molecule has 0 aliphatic heterocycles. The van der Waals surface area contributed by atoms with Crippen LogP contribution in [0.4, 0.5) is 0 Å². The number of amides is 1. The van der Waals surface area contributed by atoms with Gasteiger partial charge in [0.2, 0.25) is 0 Å². The second kappa shape index (κ2) is 9.99. The summed E-state index contributed by atoms with van der Waals surface area (Å²) in [5, 5.41) is 12.6. The summed E-state index contributed by atoms with van der Waals surface area (Å²) in [5.74, 6) is 2.53. The van der Waals surface area contributed by atoms with Gasteiger partial charge in [-0.3, -0.25) is 4.79 Å². The average molecular weight is 435 g/mol. The highest BCUT2D eigenvalue weighted by molar-refractivity contribution is 6.33. The summed E-state index contributed by atoms with van der Waals surface area (Å²) in [6.07, 6.45) is 8.70. The summed E-state index contributed by atoms with van der Waals surface area (Å²) in [6.45, 7) is 3.30. The number of nitrogens with zero attached hydrogens (tertiary/aromatic N) is 1. The van der Waals surface area contributed by atoms with Gasteiger partial charge in [-0.25, -0.2) is 0 Å². The molecule has 1 aromatic rings. The fourth-order valence-electron chi connectivity index (χ4n) is 6.52. The van der Waals surface area contributed by atoms with E-state index in [0.29, 0.717) is 30.5 Å². The van der Waals surface area contributed by atoms with Gasteiger partial charge in [0, 0.05) is 19.7 Å². The van der Waals surface area contributed by atoms with Crippen LogP contribution in [0.2, 0.25) is 5.02 Å². The second-order valence-corrected chi connectivity index (χ2v) is 10.2. The van der Waals surface area contributed by atoms with Gasteiger partial charge < -0.3 is 20.1 Å². The molecule has 0 heterocycles. The van der Waals surface area contributed by atoms with Gasteiger partial charge >= 0.3 is 0 Å². The third-order valence-electron chi connectivity index (χ3n) is 7.26. The van der Waals surface area contributed by atoms with E-state index in [2.05, 4.69) is 5.32 Å². The van der Waals surface area contributed by atoms with Crippen LogP contribution in [-0.4, -0.2) is 55.5 Å². The lowest BCUT2D eigenvalue weighted by molar-refractivity contribution is -0.0780. The quantitative estimate of drug-likeness (QED) is 0.409. The first-order valence-corrected chi connectivity index (χ1v) is 11.9. The molecule has 0 unspecified atom stereocenters. The highest BCUT2D eigenvalue weighted by atomic mass is 35.5. The topological polar surface area (TPSA) is 61.8 Å². The molecule has 4 aliphatic carbocycles. The fourth-order valence-corrected chi connectivity index (χ4v) is 6.73. The number of aliphatic hydroxyl groups excluding tert-OH is 1. The Hall–Kier alpha value is -1.14. The smallest absolute Gasteiger partial charge is 0.257 e. The van der Waals surface area contributed by atoms with Gasteiger partial charge in [0.15, 0.2) is 0 Å². The normalized spacial score (nSPS) is 29.3. The van der Waals surface area contributed by atoms with Gasteiger partial charge in [-0.2, -0.15) is 0 Å². The van der Waals surface area contributed by atoms with Gasteiger partial charge in [0.25, 0.3) is 5.91 Å². The van der Waals surface area contributed by atoms with Crippen molar-refractivity contribution in [1.82, 2.24) is 10.2 Å². The van der Waals surface area contributed by atoms with E-state index in [9.17, 15) is 4.79 Å². The molecule has 4 aliphatic rings. The Kier molecular flexibility index (Phi) is 7.35. The Bertz CT molecular complexity index is 691. The SMILES string of the molecule is O=C(c1ccccc1Cl)N(COCCNCCCO)CC12CC3CC(CC(C3)C1)C2. The van der Waals surface area contributed by atoms with Crippen molar-refractivity contribution in [1.29, 1.82) is 0 Å². The molecule has 0 atom stereocenters. The number of ether oxygens (including phenoxy) is 1. The number of hydrogen-bond acceptors (Lipinski definition) is 4. The van der Waals surface area contributed by atoms with Gasteiger partial charge in [-0.1, -0.05) is 23.7 Å². The molecule has 166 valence electrons. The van der Waals surface area contributed by atoms with Crippen LogP contribution in [0, 0.1) is 23.2 Å². The summed E-state index contributed by atoms with van der Waals surface area (Å²) in [5.41, 5.74) is 0.822. The van der Waals surface area contributed by atoms with E-state index in [1.54, 1.807) is 6.07 Å². The van der Waals surface area contributed by atoms with Crippen molar-refractivity contribution < 1.29 is 14.6 Å². The number of halogens is 1. The van der Waals surface area contributed by atoms with Crippen molar-refractivity contribution in [2.24, 2.45) is 23.2 Å². The van der Waals surface area contributed by atoms with Crippen molar-refractivity contribution >= 4 is 17.5 Å². The molecular weight excluding hydrogens is 400 g/mol. The third kappa shape index (κ3) is 5.18. The summed E-state index contributed by atoms with van der Waals surface area (Å²) in [4.78, 5) is 15.3. The van der Waals surface area contributed by atoms with Crippen molar-refractivity contribution in [3.63, 3.8) is 0 Å². The Morgan fingerprint density at radius 3 is 2.43 bits per heavy atom. The number of benzene rings is 1. The van der Waals surface area contributed by atoms with E-state index >= 15 is 0 Å². The zero-order valence-corrected chi connectivity index (χ0v) is 18.6. The number of carbonyl (C=O) groups is 1.